The van der Waals surface area contributed by atoms with Gasteiger partial charge in [0.2, 0.25) is 5.91 Å². The van der Waals surface area contributed by atoms with Crippen LogP contribution < -0.4 is 5.32 Å². The lowest BCUT2D eigenvalue weighted by Crippen LogP contribution is -2.36. The third kappa shape index (κ3) is 2.02. The van der Waals surface area contributed by atoms with Gasteiger partial charge < -0.3 is 10.4 Å². The highest BCUT2D eigenvalue weighted by Crippen LogP contribution is 2.29. The van der Waals surface area contributed by atoms with Crippen molar-refractivity contribution in [2.45, 2.75) is 18.4 Å². The van der Waals surface area contributed by atoms with E-state index in [1.807, 2.05) is 0 Å². The second-order valence-electron chi connectivity index (χ2n) is 3.75. The number of halogens is 1. The number of carbonyl (C=O) groups is 2. The number of benzene rings is 1. The normalized spacial score (nSPS) is 24.2. The molecule has 0 spiro atoms. The van der Waals surface area contributed by atoms with Crippen molar-refractivity contribution in [3.05, 3.63) is 34.9 Å². The van der Waals surface area contributed by atoms with Gasteiger partial charge in [-0.3, -0.25) is 4.79 Å². The van der Waals surface area contributed by atoms with Crippen molar-refractivity contribution in [3.8, 4) is 0 Å². The van der Waals surface area contributed by atoms with Gasteiger partial charge in [-0.1, -0.05) is 23.7 Å². The largest absolute Gasteiger partial charge is 0.480 e. The molecule has 2 rings (SSSR count). The van der Waals surface area contributed by atoms with Crippen LogP contribution in [-0.2, 0) is 9.59 Å². The van der Waals surface area contributed by atoms with E-state index in [4.69, 9.17) is 16.7 Å². The molecule has 0 unspecified atom stereocenters. The van der Waals surface area contributed by atoms with Crippen LogP contribution in [0.25, 0.3) is 0 Å². The van der Waals surface area contributed by atoms with E-state index in [9.17, 15) is 9.59 Å². The van der Waals surface area contributed by atoms with Crippen LogP contribution in [0.2, 0.25) is 5.02 Å². The van der Waals surface area contributed by atoms with Crippen molar-refractivity contribution < 1.29 is 14.7 Å². The van der Waals surface area contributed by atoms with Gasteiger partial charge >= 0.3 is 5.97 Å². The zero-order valence-electron chi connectivity index (χ0n) is 8.31. The summed E-state index contributed by atoms with van der Waals surface area (Å²) in [6, 6.07) is 6.09. The van der Waals surface area contributed by atoms with Crippen molar-refractivity contribution in [3.63, 3.8) is 0 Å². The number of aliphatic carboxylic acids is 1. The van der Waals surface area contributed by atoms with Gasteiger partial charge in [0.05, 0.1) is 0 Å². The molecular weight excluding hydrogens is 230 g/mol. The van der Waals surface area contributed by atoms with Crippen LogP contribution in [0.4, 0.5) is 0 Å². The molecule has 1 heterocycles. The first kappa shape index (κ1) is 11.0. The van der Waals surface area contributed by atoms with E-state index in [2.05, 4.69) is 5.32 Å². The summed E-state index contributed by atoms with van der Waals surface area (Å²) in [5.74, 6) is -1.60. The maximum atomic E-state index is 11.2. The summed E-state index contributed by atoms with van der Waals surface area (Å²) >= 11 is 5.83. The first-order chi connectivity index (χ1) is 7.58. The minimum atomic E-state index is -1.02. The fourth-order valence-corrected chi connectivity index (χ4v) is 2.13. The summed E-state index contributed by atoms with van der Waals surface area (Å²) < 4.78 is 0. The Labute approximate surface area is 97.2 Å². The monoisotopic (exact) mass is 239 g/mol. The standard InChI is InChI=1S/C11H10ClNO3/c12-7-3-1-2-6(4-7)8-5-9(14)13-10(8)11(15)16/h1-4,8,10H,5H2,(H,13,14)(H,15,16)/t8-,10-/m0/s1. The van der Waals surface area contributed by atoms with Crippen LogP contribution in [-0.4, -0.2) is 23.0 Å². The maximum absolute atomic E-state index is 11.2. The summed E-state index contributed by atoms with van der Waals surface area (Å²) in [6.07, 6.45) is 0.192. The summed E-state index contributed by atoms with van der Waals surface area (Å²) in [6.45, 7) is 0. The average molecular weight is 240 g/mol. The molecule has 1 aromatic rings. The molecule has 84 valence electrons. The Hall–Kier alpha value is -1.55. The Morgan fingerprint density at radius 3 is 2.88 bits per heavy atom. The van der Waals surface area contributed by atoms with Crippen LogP contribution in [0, 0.1) is 0 Å². The molecule has 4 nitrogen and oxygen atoms in total. The lowest BCUT2D eigenvalue weighted by Gasteiger charge is -2.14. The van der Waals surface area contributed by atoms with Gasteiger partial charge in [-0.05, 0) is 17.7 Å². The second kappa shape index (κ2) is 4.14. The predicted octanol–water partition coefficient (Wildman–Crippen LogP) is 1.40. The molecule has 2 N–H and O–H groups in total. The fraction of sp³-hybridized carbons (Fsp3) is 0.273. The number of rotatable bonds is 2. The van der Waals surface area contributed by atoms with Crippen LogP contribution in [0.3, 0.4) is 0 Å². The minimum absolute atomic E-state index is 0.192. The number of carboxylic acid groups (broad SMARTS) is 1. The van der Waals surface area contributed by atoms with Gasteiger partial charge in [0.1, 0.15) is 6.04 Å². The Bertz CT molecular complexity index is 447. The quantitative estimate of drug-likeness (QED) is 0.820. The Morgan fingerprint density at radius 1 is 1.50 bits per heavy atom. The summed E-state index contributed by atoms with van der Waals surface area (Å²) in [4.78, 5) is 22.2. The van der Waals surface area contributed by atoms with E-state index in [-0.39, 0.29) is 18.2 Å². The third-order valence-corrected chi connectivity index (χ3v) is 2.90. The van der Waals surface area contributed by atoms with Crippen molar-refractivity contribution in [1.29, 1.82) is 0 Å². The molecule has 1 fully saturated rings. The highest BCUT2D eigenvalue weighted by atomic mass is 35.5. The van der Waals surface area contributed by atoms with E-state index in [1.54, 1.807) is 24.3 Å². The SMILES string of the molecule is O=C1C[C@@H](c2cccc(Cl)c2)[C@@H](C(=O)O)N1. The zero-order valence-corrected chi connectivity index (χ0v) is 9.07. The molecule has 5 heteroatoms. The zero-order chi connectivity index (χ0) is 11.7. The molecule has 1 aliphatic rings. The molecule has 0 aliphatic carbocycles. The molecule has 1 aliphatic heterocycles. The van der Waals surface area contributed by atoms with Crippen molar-refractivity contribution in [2.24, 2.45) is 0 Å². The van der Waals surface area contributed by atoms with Gasteiger partial charge in [0.15, 0.2) is 0 Å². The highest BCUT2D eigenvalue weighted by molar-refractivity contribution is 6.30. The van der Waals surface area contributed by atoms with Crippen molar-refractivity contribution in [2.75, 3.05) is 0 Å². The molecule has 0 radical (unpaired) electrons. The number of carbonyl (C=O) groups excluding carboxylic acids is 1. The van der Waals surface area contributed by atoms with Crippen LogP contribution in [0.1, 0.15) is 17.9 Å². The fourth-order valence-electron chi connectivity index (χ4n) is 1.93. The molecule has 0 bridgehead atoms. The lowest BCUT2D eigenvalue weighted by molar-refractivity contribution is -0.140. The van der Waals surface area contributed by atoms with E-state index in [0.29, 0.717) is 5.02 Å². The Kier molecular flexibility index (Phi) is 2.83. The first-order valence-electron chi connectivity index (χ1n) is 4.85. The van der Waals surface area contributed by atoms with Gasteiger partial charge in [-0.25, -0.2) is 4.79 Å². The molecule has 1 amide bonds. The van der Waals surface area contributed by atoms with Gasteiger partial charge in [-0.15, -0.1) is 0 Å². The highest BCUT2D eigenvalue weighted by Gasteiger charge is 2.38. The third-order valence-electron chi connectivity index (χ3n) is 2.67. The van der Waals surface area contributed by atoms with E-state index in [0.717, 1.165) is 5.56 Å². The molecule has 0 aromatic heterocycles. The summed E-state index contributed by atoms with van der Waals surface area (Å²) in [5.41, 5.74) is 0.776. The van der Waals surface area contributed by atoms with Crippen LogP contribution >= 0.6 is 11.6 Å². The molecule has 1 saturated heterocycles. The number of amides is 1. The number of carboxylic acids is 1. The van der Waals surface area contributed by atoms with E-state index >= 15 is 0 Å². The van der Waals surface area contributed by atoms with E-state index in [1.165, 1.54) is 0 Å². The van der Waals surface area contributed by atoms with Crippen LogP contribution in [0.5, 0.6) is 0 Å². The Morgan fingerprint density at radius 2 is 2.25 bits per heavy atom. The molecule has 2 atom stereocenters. The van der Waals surface area contributed by atoms with Crippen molar-refractivity contribution >= 4 is 23.5 Å². The minimum Gasteiger partial charge on any atom is -0.480 e. The molecule has 1 aromatic carbocycles. The second-order valence-corrected chi connectivity index (χ2v) is 4.19. The molecular formula is C11H10ClNO3. The van der Waals surface area contributed by atoms with Crippen molar-refractivity contribution in [1.82, 2.24) is 5.32 Å². The number of hydrogen-bond donors (Lipinski definition) is 2. The predicted molar refractivity (Wildman–Crippen MR) is 58.4 cm³/mol. The van der Waals surface area contributed by atoms with Gasteiger partial charge in [-0.2, -0.15) is 0 Å². The topological polar surface area (TPSA) is 66.4 Å². The lowest BCUT2D eigenvalue weighted by atomic mass is 9.92. The summed E-state index contributed by atoms with van der Waals surface area (Å²) in [7, 11) is 0. The first-order valence-corrected chi connectivity index (χ1v) is 5.23. The smallest absolute Gasteiger partial charge is 0.326 e. The number of hydrogen-bond acceptors (Lipinski definition) is 2. The average Bonchev–Trinajstić information content (AvgIpc) is 2.60. The molecule has 16 heavy (non-hydrogen) atoms. The van der Waals surface area contributed by atoms with Gasteiger partial charge in [0.25, 0.3) is 0 Å². The van der Waals surface area contributed by atoms with Crippen LogP contribution in [0.15, 0.2) is 24.3 Å². The maximum Gasteiger partial charge on any atom is 0.326 e. The van der Waals surface area contributed by atoms with Gasteiger partial charge in [0, 0.05) is 17.4 Å². The molecule has 0 saturated carbocycles. The van der Waals surface area contributed by atoms with E-state index < -0.39 is 12.0 Å². The summed E-state index contributed by atoms with van der Waals surface area (Å²) in [5, 5.41) is 12.0. The Balaban J connectivity index is 2.32. The number of nitrogens with one attached hydrogen (secondary N) is 1.